The lowest BCUT2D eigenvalue weighted by Crippen LogP contribution is -2.51. The first kappa shape index (κ1) is 18.1. The van der Waals surface area contributed by atoms with Crippen molar-refractivity contribution in [1.29, 1.82) is 0 Å². The molecule has 4 aliphatic rings. The summed E-state index contributed by atoms with van der Waals surface area (Å²) < 4.78 is 27.7. The van der Waals surface area contributed by atoms with Gasteiger partial charge in [-0.3, -0.25) is 0 Å². The van der Waals surface area contributed by atoms with Gasteiger partial charge >= 0.3 is 0 Å². The van der Waals surface area contributed by atoms with E-state index >= 15 is 0 Å². The van der Waals surface area contributed by atoms with E-state index in [0.29, 0.717) is 11.7 Å². The summed E-state index contributed by atoms with van der Waals surface area (Å²) in [5.74, 6) is 3.36. The molecular weight excluding hydrogens is 346 g/mol. The maximum Gasteiger partial charge on any atom is 0.241 e. The molecule has 0 radical (unpaired) electrons. The van der Waals surface area contributed by atoms with Crippen LogP contribution in [0.15, 0.2) is 23.1 Å². The van der Waals surface area contributed by atoms with Crippen LogP contribution in [0.1, 0.15) is 52.9 Å². The third-order valence-corrected chi connectivity index (χ3v) is 8.08. The molecule has 5 nitrogen and oxygen atoms in total. The lowest BCUT2D eigenvalue weighted by molar-refractivity contribution is 0.00756. The fourth-order valence-electron chi connectivity index (χ4n) is 5.64. The molecular formula is C20H31N3O2S. The minimum Gasteiger partial charge on any atom is -0.397 e. The van der Waals surface area contributed by atoms with Gasteiger partial charge in [-0.05, 0) is 94.7 Å². The number of hydrogen-bond donors (Lipinski definition) is 3. The molecule has 26 heavy (non-hydrogen) atoms. The molecule has 0 saturated heterocycles. The topological polar surface area (TPSA) is 84.2 Å². The van der Waals surface area contributed by atoms with Gasteiger partial charge in [0.2, 0.25) is 10.0 Å². The van der Waals surface area contributed by atoms with Crippen LogP contribution in [0.3, 0.4) is 0 Å². The van der Waals surface area contributed by atoms with Crippen LogP contribution in [-0.4, -0.2) is 20.0 Å². The zero-order valence-electron chi connectivity index (χ0n) is 16.0. The van der Waals surface area contributed by atoms with Crippen LogP contribution in [0.2, 0.25) is 0 Å². The maximum absolute atomic E-state index is 12.5. The van der Waals surface area contributed by atoms with E-state index in [1.54, 1.807) is 12.1 Å². The quantitative estimate of drug-likeness (QED) is 0.700. The lowest BCUT2D eigenvalue weighted by Gasteiger charge is -2.54. The SMILES string of the molecule is CC(C)(C)NS(=O)(=O)c1ccc(NC2C3CC4CC(C3)CC2C4)c(N)c1. The van der Waals surface area contributed by atoms with E-state index in [1.165, 1.54) is 32.1 Å². The highest BCUT2D eigenvalue weighted by Crippen LogP contribution is 2.54. The first-order chi connectivity index (χ1) is 12.1. The molecule has 0 heterocycles. The van der Waals surface area contributed by atoms with Crippen LogP contribution in [0, 0.1) is 23.7 Å². The van der Waals surface area contributed by atoms with E-state index in [-0.39, 0.29) is 4.90 Å². The number of nitrogens with two attached hydrogens (primary N) is 1. The van der Waals surface area contributed by atoms with Gasteiger partial charge in [-0.2, -0.15) is 0 Å². The summed E-state index contributed by atoms with van der Waals surface area (Å²) in [5, 5.41) is 3.68. The van der Waals surface area contributed by atoms with Crippen LogP contribution in [0.5, 0.6) is 0 Å². The Morgan fingerprint density at radius 2 is 1.58 bits per heavy atom. The third-order valence-electron chi connectivity index (χ3n) is 6.32. The van der Waals surface area contributed by atoms with E-state index in [9.17, 15) is 8.42 Å². The Hall–Kier alpha value is -1.27. The van der Waals surface area contributed by atoms with Crippen molar-refractivity contribution in [2.45, 2.75) is 69.4 Å². The van der Waals surface area contributed by atoms with Crippen molar-refractivity contribution in [2.75, 3.05) is 11.1 Å². The summed E-state index contributed by atoms with van der Waals surface area (Å²) in [6, 6.07) is 5.55. The summed E-state index contributed by atoms with van der Waals surface area (Å²) in [4.78, 5) is 0.223. The van der Waals surface area contributed by atoms with Gasteiger partial charge in [-0.15, -0.1) is 0 Å². The van der Waals surface area contributed by atoms with Gasteiger partial charge in [0, 0.05) is 11.6 Å². The standard InChI is InChI=1S/C20H31N3O2S/c1-20(2,3)23-26(24,25)16-4-5-18(17(21)11-16)22-19-14-7-12-6-13(9-14)10-15(19)8-12/h4-5,11-15,19,22-23H,6-10,21H2,1-3H3. The first-order valence-corrected chi connectivity index (χ1v) is 11.3. The van der Waals surface area contributed by atoms with E-state index in [1.807, 2.05) is 26.8 Å². The first-order valence-electron chi connectivity index (χ1n) is 9.81. The average molecular weight is 378 g/mol. The Balaban J connectivity index is 1.52. The number of nitrogen functional groups attached to an aromatic ring is 1. The minimum absolute atomic E-state index is 0.223. The van der Waals surface area contributed by atoms with Gasteiger partial charge in [0.25, 0.3) is 0 Å². The number of rotatable bonds is 4. The molecule has 4 bridgehead atoms. The smallest absolute Gasteiger partial charge is 0.241 e. The number of sulfonamides is 1. The monoisotopic (exact) mass is 377 g/mol. The molecule has 4 fully saturated rings. The molecule has 4 saturated carbocycles. The molecule has 6 heteroatoms. The highest BCUT2D eigenvalue weighted by Gasteiger charge is 2.48. The molecule has 144 valence electrons. The van der Waals surface area contributed by atoms with Crippen LogP contribution in [0.4, 0.5) is 11.4 Å². The van der Waals surface area contributed by atoms with E-state index in [2.05, 4.69) is 10.0 Å². The van der Waals surface area contributed by atoms with Gasteiger partial charge in [-0.1, -0.05) is 0 Å². The number of nitrogens with one attached hydrogen (secondary N) is 2. The second-order valence-electron chi connectivity index (χ2n) is 9.71. The van der Waals surface area contributed by atoms with Gasteiger partial charge in [0.1, 0.15) is 0 Å². The van der Waals surface area contributed by atoms with Crippen molar-refractivity contribution >= 4 is 21.4 Å². The number of anilines is 2. The number of hydrogen-bond acceptors (Lipinski definition) is 4. The van der Waals surface area contributed by atoms with Gasteiger partial charge in [-0.25, -0.2) is 13.1 Å². The molecule has 5 rings (SSSR count). The zero-order chi connectivity index (χ0) is 18.7. The fourth-order valence-corrected chi connectivity index (χ4v) is 7.10. The van der Waals surface area contributed by atoms with Crippen molar-refractivity contribution in [3.8, 4) is 0 Å². The summed E-state index contributed by atoms with van der Waals surface area (Å²) >= 11 is 0. The molecule has 0 aliphatic heterocycles. The van der Waals surface area contributed by atoms with Crippen LogP contribution in [-0.2, 0) is 10.0 Å². The van der Waals surface area contributed by atoms with Crippen LogP contribution in [0.25, 0.3) is 0 Å². The van der Waals surface area contributed by atoms with Gasteiger partial charge in [0.05, 0.1) is 16.3 Å². The van der Waals surface area contributed by atoms with Crippen molar-refractivity contribution in [3.05, 3.63) is 18.2 Å². The van der Waals surface area contributed by atoms with Crippen molar-refractivity contribution < 1.29 is 8.42 Å². The minimum atomic E-state index is -3.56. The summed E-state index contributed by atoms with van der Waals surface area (Å²) in [6.45, 7) is 5.49. The van der Waals surface area contributed by atoms with Crippen LogP contribution < -0.4 is 15.8 Å². The molecule has 0 spiro atoms. The molecule has 4 aliphatic carbocycles. The van der Waals surface area contributed by atoms with Gasteiger partial charge in [0.15, 0.2) is 0 Å². The van der Waals surface area contributed by atoms with E-state index in [0.717, 1.165) is 29.4 Å². The van der Waals surface area contributed by atoms with Crippen molar-refractivity contribution in [1.82, 2.24) is 4.72 Å². The second kappa shape index (κ2) is 6.13. The van der Waals surface area contributed by atoms with Crippen molar-refractivity contribution in [3.63, 3.8) is 0 Å². The number of benzene rings is 1. The molecule has 0 amide bonds. The molecule has 0 atom stereocenters. The largest absolute Gasteiger partial charge is 0.397 e. The third kappa shape index (κ3) is 3.46. The average Bonchev–Trinajstić information content (AvgIpc) is 2.49. The van der Waals surface area contributed by atoms with E-state index in [4.69, 9.17) is 5.73 Å². The molecule has 0 aromatic heterocycles. The Bertz CT molecular complexity index is 770. The Morgan fingerprint density at radius 1 is 1.00 bits per heavy atom. The van der Waals surface area contributed by atoms with E-state index < -0.39 is 15.6 Å². The Kier molecular flexibility index (Phi) is 4.27. The van der Waals surface area contributed by atoms with Crippen LogP contribution >= 0.6 is 0 Å². The highest BCUT2D eigenvalue weighted by atomic mass is 32.2. The summed E-state index contributed by atoms with van der Waals surface area (Å²) in [7, 11) is -3.56. The zero-order valence-corrected chi connectivity index (χ0v) is 16.8. The fraction of sp³-hybridized carbons (Fsp3) is 0.700. The predicted octanol–water partition coefficient (Wildman–Crippen LogP) is 3.58. The molecule has 4 N–H and O–H groups in total. The second-order valence-corrected chi connectivity index (χ2v) is 11.4. The lowest BCUT2D eigenvalue weighted by atomic mass is 9.54. The normalized spacial score (nSPS) is 33.4. The molecule has 1 aromatic rings. The Morgan fingerprint density at radius 3 is 2.08 bits per heavy atom. The van der Waals surface area contributed by atoms with Gasteiger partial charge < -0.3 is 11.1 Å². The summed E-state index contributed by atoms with van der Waals surface area (Å²) in [6.07, 6.45) is 6.80. The van der Waals surface area contributed by atoms with Crippen molar-refractivity contribution in [2.24, 2.45) is 23.7 Å². The molecule has 1 aromatic carbocycles. The molecule has 0 unspecified atom stereocenters. The summed E-state index contributed by atoms with van der Waals surface area (Å²) in [5.41, 5.74) is 7.09. The Labute approximate surface area is 157 Å². The highest BCUT2D eigenvalue weighted by molar-refractivity contribution is 7.89. The maximum atomic E-state index is 12.5. The predicted molar refractivity (Wildman–Crippen MR) is 105 cm³/mol.